The summed E-state index contributed by atoms with van der Waals surface area (Å²) in [5.41, 5.74) is 4.30. The van der Waals surface area contributed by atoms with E-state index in [1.807, 2.05) is 11.5 Å². The molecule has 0 bridgehead atoms. The Morgan fingerprint density at radius 3 is 2.23 bits per heavy atom. The van der Waals surface area contributed by atoms with Crippen LogP contribution in [0.3, 0.4) is 0 Å². The number of nitrogens with one attached hydrogen (secondary N) is 3. The molecule has 0 heterocycles. The van der Waals surface area contributed by atoms with Crippen LogP contribution in [0.1, 0.15) is 26.3 Å². The Balaban J connectivity index is 1.66. The minimum Gasteiger partial charge on any atom is -0.267 e. The van der Waals surface area contributed by atoms with Crippen LogP contribution >= 0.6 is 0 Å². The molecule has 0 unspecified atom stereocenters. The van der Waals surface area contributed by atoms with Crippen molar-refractivity contribution >= 4 is 21.8 Å². The van der Waals surface area contributed by atoms with E-state index in [4.69, 9.17) is 0 Å². The fourth-order valence-electron chi connectivity index (χ4n) is 2.59. The Hall–Kier alpha value is -3.63. The van der Waals surface area contributed by atoms with Crippen LogP contribution < -0.4 is 15.6 Å². The number of sulfonamides is 1. The summed E-state index contributed by atoms with van der Waals surface area (Å²) in [4.78, 5) is 24.1. The predicted molar refractivity (Wildman–Crippen MR) is 108 cm³/mol. The second kappa shape index (κ2) is 9.45. The second-order valence-corrected chi connectivity index (χ2v) is 8.14. The van der Waals surface area contributed by atoms with Crippen LogP contribution in [-0.4, -0.2) is 20.2 Å². The predicted octanol–water partition coefficient (Wildman–Crippen LogP) is 2.52. The van der Waals surface area contributed by atoms with Crippen molar-refractivity contribution in [1.29, 1.82) is 0 Å². The van der Waals surface area contributed by atoms with Gasteiger partial charge in [-0.3, -0.25) is 20.4 Å². The number of hydrazine groups is 1. The van der Waals surface area contributed by atoms with Crippen molar-refractivity contribution in [2.45, 2.75) is 11.4 Å². The number of halogens is 2. The molecule has 0 saturated heterocycles. The molecule has 0 aliphatic rings. The highest BCUT2D eigenvalue weighted by atomic mass is 32.2. The topological polar surface area (TPSA) is 104 Å². The first kappa shape index (κ1) is 22.1. The fourth-order valence-corrected chi connectivity index (χ4v) is 3.65. The third-order valence-corrected chi connectivity index (χ3v) is 5.58. The average Bonchev–Trinajstić information content (AvgIpc) is 2.76. The maximum atomic E-state index is 13.6. The molecule has 0 aliphatic carbocycles. The molecule has 0 saturated carbocycles. The van der Waals surface area contributed by atoms with E-state index >= 15 is 0 Å². The van der Waals surface area contributed by atoms with E-state index < -0.39 is 39.0 Å². The van der Waals surface area contributed by atoms with E-state index in [-0.39, 0.29) is 17.0 Å². The monoisotopic (exact) mass is 445 g/mol. The summed E-state index contributed by atoms with van der Waals surface area (Å²) >= 11 is 0. The first-order chi connectivity index (χ1) is 14.8. The van der Waals surface area contributed by atoms with Crippen molar-refractivity contribution in [3.63, 3.8) is 0 Å². The largest absolute Gasteiger partial charge is 0.272 e. The molecule has 0 radical (unpaired) electrons. The molecule has 31 heavy (non-hydrogen) atoms. The SMILES string of the molecule is O=C(NNC(=O)c1ccc(F)cc1F)c1cccc(S(=O)(=O)NCc2ccccc2)c1. The zero-order chi connectivity index (χ0) is 22.4. The summed E-state index contributed by atoms with van der Waals surface area (Å²) in [5, 5.41) is 0. The number of carbonyl (C=O) groups is 2. The van der Waals surface area contributed by atoms with Crippen LogP contribution in [0.25, 0.3) is 0 Å². The first-order valence-electron chi connectivity index (χ1n) is 8.95. The molecule has 3 rings (SSSR count). The number of rotatable bonds is 6. The summed E-state index contributed by atoms with van der Waals surface area (Å²) in [6, 6.07) is 16.4. The van der Waals surface area contributed by atoms with Crippen molar-refractivity contribution in [1.82, 2.24) is 15.6 Å². The molecule has 10 heteroatoms. The van der Waals surface area contributed by atoms with Crippen LogP contribution in [0.2, 0.25) is 0 Å². The molecule has 0 aliphatic heterocycles. The number of benzene rings is 3. The molecule has 3 aromatic carbocycles. The summed E-state index contributed by atoms with van der Waals surface area (Å²) in [5.74, 6) is -3.77. The van der Waals surface area contributed by atoms with Gasteiger partial charge in [-0.2, -0.15) is 0 Å². The van der Waals surface area contributed by atoms with Gasteiger partial charge in [-0.25, -0.2) is 21.9 Å². The minimum absolute atomic E-state index is 0.0533. The van der Waals surface area contributed by atoms with Gasteiger partial charge in [-0.05, 0) is 35.9 Å². The van der Waals surface area contributed by atoms with Gasteiger partial charge in [-0.1, -0.05) is 36.4 Å². The van der Waals surface area contributed by atoms with E-state index in [9.17, 15) is 26.8 Å². The van der Waals surface area contributed by atoms with Crippen LogP contribution in [0.4, 0.5) is 8.78 Å². The highest BCUT2D eigenvalue weighted by molar-refractivity contribution is 7.89. The van der Waals surface area contributed by atoms with Gasteiger partial charge in [0.05, 0.1) is 10.5 Å². The van der Waals surface area contributed by atoms with Gasteiger partial charge in [0.15, 0.2) is 0 Å². The number of hydrogen-bond acceptors (Lipinski definition) is 4. The van der Waals surface area contributed by atoms with E-state index in [2.05, 4.69) is 10.1 Å². The molecule has 0 spiro atoms. The zero-order valence-electron chi connectivity index (χ0n) is 15.9. The van der Waals surface area contributed by atoms with E-state index in [1.54, 1.807) is 24.3 Å². The smallest absolute Gasteiger partial charge is 0.267 e. The Labute approximate surface area is 177 Å². The van der Waals surface area contributed by atoms with Crippen molar-refractivity contribution in [2.24, 2.45) is 0 Å². The summed E-state index contributed by atoms with van der Waals surface area (Å²) in [6.07, 6.45) is 0. The highest BCUT2D eigenvalue weighted by Crippen LogP contribution is 2.13. The van der Waals surface area contributed by atoms with Crippen LogP contribution in [0.15, 0.2) is 77.7 Å². The van der Waals surface area contributed by atoms with Crippen LogP contribution in [0, 0.1) is 11.6 Å². The molecule has 3 N–H and O–H groups in total. The molecule has 0 fully saturated rings. The molecule has 3 aromatic rings. The van der Waals surface area contributed by atoms with Crippen LogP contribution in [0.5, 0.6) is 0 Å². The lowest BCUT2D eigenvalue weighted by Gasteiger charge is -2.10. The highest BCUT2D eigenvalue weighted by Gasteiger charge is 2.17. The Morgan fingerprint density at radius 2 is 1.52 bits per heavy atom. The van der Waals surface area contributed by atoms with E-state index in [0.717, 1.165) is 23.8 Å². The van der Waals surface area contributed by atoms with Crippen molar-refractivity contribution in [2.75, 3.05) is 0 Å². The summed E-state index contributed by atoms with van der Waals surface area (Å²) < 4.78 is 54.0. The van der Waals surface area contributed by atoms with Gasteiger partial charge < -0.3 is 0 Å². The molecule has 7 nitrogen and oxygen atoms in total. The van der Waals surface area contributed by atoms with Gasteiger partial charge in [0.1, 0.15) is 11.6 Å². The normalized spacial score (nSPS) is 11.0. The maximum Gasteiger partial charge on any atom is 0.272 e. The molecule has 160 valence electrons. The quantitative estimate of drug-likeness (QED) is 0.507. The standard InChI is InChI=1S/C21H17F2N3O4S/c22-16-9-10-18(19(23)12-16)21(28)26-25-20(27)15-7-4-8-17(11-15)31(29,30)24-13-14-5-2-1-3-6-14/h1-12,24H,13H2,(H,25,27)(H,26,28). The number of amides is 2. The van der Waals surface area contributed by atoms with Gasteiger partial charge in [0, 0.05) is 18.2 Å². The van der Waals surface area contributed by atoms with E-state index in [0.29, 0.717) is 6.07 Å². The van der Waals surface area contributed by atoms with Gasteiger partial charge in [-0.15, -0.1) is 0 Å². The van der Waals surface area contributed by atoms with E-state index in [1.165, 1.54) is 18.2 Å². The molecular formula is C21H17F2N3O4S. The Morgan fingerprint density at radius 1 is 0.806 bits per heavy atom. The Kier molecular flexibility index (Phi) is 6.73. The lowest BCUT2D eigenvalue weighted by molar-refractivity contribution is 0.0844. The van der Waals surface area contributed by atoms with Gasteiger partial charge >= 0.3 is 0 Å². The Bertz CT molecular complexity index is 1220. The molecule has 2 amide bonds. The lowest BCUT2D eigenvalue weighted by atomic mass is 10.2. The number of hydrogen-bond donors (Lipinski definition) is 3. The van der Waals surface area contributed by atoms with Gasteiger partial charge in [0.25, 0.3) is 11.8 Å². The second-order valence-electron chi connectivity index (χ2n) is 6.37. The molecular weight excluding hydrogens is 428 g/mol. The van der Waals surface area contributed by atoms with Gasteiger partial charge in [0.2, 0.25) is 10.0 Å². The molecule has 0 aromatic heterocycles. The van der Waals surface area contributed by atoms with Crippen molar-refractivity contribution in [3.05, 3.63) is 101 Å². The maximum absolute atomic E-state index is 13.6. The van der Waals surface area contributed by atoms with Crippen molar-refractivity contribution in [3.8, 4) is 0 Å². The first-order valence-corrected chi connectivity index (χ1v) is 10.4. The van der Waals surface area contributed by atoms with Crippen molar-refractivity contribution < 1.29 is 26.8 Å². The fraction of sp³-hybridized carbons (Fsp3) is 0.0476. The zero-order valence-corrected chi connectivity index (χ0v) is 16.7. The average molecular weight is 445 g/mol. The van der Waals surface area contributed by atoms with Crippen LogP contribution in [-0.2, 0) is 16.6 Å². The minimum atomic E-state index is -3.90. The molecule has 0 atom stereocenters. The number of carbonyl (C=O) groups excluding carboxylic acids is 2. The summed E-state index contributed by atoms with van der Waals surface area (Å²) in [6.45, 7) is 0.0683. The summed E-state index contributed by atoms with van der Waals surface area (Å²) in [7, 11) is -3.90. The lowest BCUT2D eigenvalue weighted by Crippen LogP contribution is -2.42. The third kappa shape index (κ3) is 5.71. The third-order valence-electron chi connectivity index (χ3n) is 4.18.